The van der Waals surface area contributed by atoms with Gasteiger partial charge < -0.3 is 5.73 Å². The van der Waals surface area contributed by atoms with Crippen LogP contribution in [0.1, 0.15) is 0 Å². The van der Waals surface area contributed by atoms with E-state index in [1.807, 2.05) is 0 Å². The predicted molar refractivity (Wildman–Crippen MR) is 77.4 cm³/mol. The highest BCUT2D eigenvalue weighted by atomic mass is 127. The van der Waals surface area contributed by atoms with Gasteiger partial charge in [-0.3, -0.25) is 0 Å². The maximum absolute atomic E-state index is 13.7. The Bertz CT molecular complexity index is 619. The fraction of sp³-hybridized carbons (Fsp3) is 0. The summed E-state index contributed by atoms with van der Waals surface area (Å²) in [5, 5.41) is -0.112. The van der Waals surface area contributed by atoms with E-state index in [-0.39, 0.29) is 0 Å². The largest absolute Gasteiger partial charge is 0.399 e. The maximum Gasteiger partial charge on any atom is 0.175 e. The van der Waals surface area contributed by atoms with Crippen LogP contribution < -0.4 is 16.3 Å². The Kier molecular flexibility index (Phi) is 4.30. The second-order valence-electron chi connectivity index (χ2n) is 3.70. The first-order valence-electron chi connectivity index (χ1n) is 5.05. The summed E-state index contributed by atoms with van der Waals surface area (Å²) in [5.41, 5.74) is 5.95. The van der Waals surface area contributed by atoms with Crippen LogP contribution in [0.3, 0.4) is 0 Å². The van der Waals surface area contributed by atoms with E-state index in [2.05, 4.69) is 0 Å². The van der Waals surface area contributed by atoms with Crippen molar-refractivity contribution in [3.63, 3.8) is 0 Å². The summed E-state index contributed by atoms with van der Waals surface area (Å²) in [6, 6.07) is 6.30. The molecular formula is C12H7F4INP. The highest BCUT2D eigenvalue weighted by Gasteiger charge is 2.24. The summed E-state index contributed by atoms with van der Waals surface area (Å²) < 4.78 is 53.5. The molecule has 19 heavy (non-hydrogen) atoms. The van der Waals surface area contributed by atoms with Crippen molar-refractivity contribution in [1.82, 2.24) is 0 Å². The van der Waals surface area contributed by atoms with Crippen LogP contribution in [0, 0.1) is 26.8 Å². The summed E-state index contributed by atoms with van der Waals surface area (Å²) in [7, 11) is -0.553. The van der Waals surface area contributed by atoms with Crippen LogP contribution >= 0.6 is 31.2 Å². The molecule has 2 N–H and O–H groups in total. The van der Waals surface area contributed by atoms with Crippen LogP contribution in [0.25, 0.3) is 0 Å². The van der Waals surface area contributed by atoms with E-state index in [0.717, 1.165) is 0 Å². The molecule has 0 fully saturated rings. The molecule has 2 rings (SSSR count). The van der Waals surface area contributed by atoms with Gasteiger partial charge in [-0.25, -0.2) is 17.6 Å². The van der Waals surface area contributed by atoms with Gasteiger partial charge in [0.25, 0.3) is 0 Å². The Hall–Kier alpha value is -0.880. The SMILES string of the molecule is Nc1cccc(Pc2c(F)c(F)c(I)c(F)c2F)c1. The third-order valence-corrected chi connectivity index (χ3v) is 4.60. The number of halogens is 5. The van der Waals surface area contributed by atoms with Gasteiger partial charge in [0.15, 0.2) is 23.3 Å². The number of nitrogens with two attached hydrogens (primary N) is 1. The van der Waals surface area contributed by atoms with Gasteiger partial charge in [-0.2, -0.15) is 0 Å². The number of anilines is 1. The molecule has 7 heteroatoms. The van der Waals surface area contributed by atoms with Gasteiger partial charge in [-0.1, -0.05) is 20.7 Å². The molecule has 1 unspecified atom stereocenters. The lowest BCUT2D eigenvalue weighted by Gasteiger charge is -2.09. The zero-order valence-corrected chi connectivity index (χ0v) is 12.4. The van der Waals surface area contributed by atoms with Gasteiger partial charge in [0.1, 0.15) is 0 Å². The topological polar surface area (TPSA) is 26.0 Å². The fourth-order valence-corrected chi connectivity index (χ4v) is 3.10. The molecule has 1 nitrogen and oxygen atoms in total. The monoisotopic (exact) mass is 399 g/mol. The highest BCUT2D eigenvalue weighted by Crippen LogP contribution is 2.25. The first-order chi connectivity index (χ1) is 8.91. The molecule has 0 saturated carbocycles. The lowest BCUT2D eigenvalue weighted by atomic mass is 10.3. The number of hydrogen-bond acceptors (Lipinski definition) is 1. The normalized spacial score (nSPS) is 11.4. The molecule has 0 radical (unpaired) electrons. The Morgan fingerprint density at radius 2 is 1.53 bits per heavy atom. The highest BCUT2D eigenvalue weighted by molar-refractivity contribution is 14.1. The van der Waals surface area contributed by atoms with Crippen molar-refractivity contribution in [2.75, 3.05) is 5.73 Å². The van der Waals surface area contributed by atoms with Gasteiger partial charge in [0.05, 0.1) is 8.87 Å². The van der Waals surface area contributed by atoms with Crippen LogP contribution in [0.15, 0.2) is 24.3 Å². The number of rotatable bonds is 2. The first-order valence-corrected chi connectivity index (χ1v) is 7.13. The van der Waals surface area contributed by atoms with E-state index in [1.165, 1.54) is 28.7 Å². The smallest absolute Gasteiger partial charge is 0.175 e. The van der Waals surface area contributed by atoms with Crippen LogP contribution in [0.5, 0.6) is 0 Å². The third kappa shape index (κ3) is 2.84. The van der Waals surface area contributed by atoms with Crippen molar-refractivity contribution >= 4 is 47.5 Å². The Morgan fingerprint density at radius 1 is 0.947 bits per heavy atom. The Labute approximate surface area is 122 Å². The molecule has 0 aliphatic rings. The minimum atomic E-state index is -1.37. The fourth-order valence-electron chi connectivity index (χ4n) is 1.48. The van der Waals surface area contributed by atoms with Crippen LogP contribution in [0.2, 0.25) is 0 Å². The van der Waals surface area contributed by atoms with Crippen LogP contribution in [-0.2, 0) is 0 Å². The quantitative estimate of drug-likeness (QED) is 0.206. The summed E-state index contributed by atoms with van der Waals surface area (Å²) in [4.78, 5) is 0. The van der Waals surface area contributed by atoms with Crippen molar-refractivity contribution < 1.29 is 17.6 Å². The van der Waals surface area contributed by atoms with Gasteiger partial charge in [0.2, 0.25) is 0 Å². The summed E-state index contributed by atoms with van der Waals surface area (Å²) >= 11 is 1.23. The molecule has 0 amide bonds. The standard InChI is InChI=1S/C12H7F4INP/c13-7-9(15)12(10(16)8(14)11(7)17)19-6-3-1-2-5(18)4-6/h1-4,19H,18H2. The molecule has 0 aromatic heterocycles. The molecule has 100 valence electrons. The first kappa shape index (κ1) is 14.5. The van der Waals surface area contributed by atoms with Crippen molar-refractivity contribution in [1.29, 1.82) is 0 Å². The van der Waals surface area contributed by atoms with Gasteiger partial charge in [0, 0.05) is 5.69 Å². The van der Waals surface area contributed by atoms with Gasteiger partial charge in [-0.05, 0) is 40.0 Å². The molecular weight excluding hydrogens is 392 g/mol. The number of benzene rings is 2. The minimum Gasteiger partial charge on any atom is -0.399 e. The average Bonchev–Trinajstić information content (AvgIpc) is 2.39. The lowest BCUT2D eigenvalue weighted by Crippen LogP contribution is -2.18. The van der Waals surface area contributed by atoms with Crippen molar-refractivity contribution in [3.05, 3.63) is 51.1 Å². The van der Waals surface area contributed by atoms with Gasteiger partial charge >= 0.3 is 0 Å². The number of hydrogen-bond donors (Lipinski definition) is 1. The summed E-state index contributed by atoms with van der Waals surface area (Å²) in [5.74, 6) is -5.45. The zero-order chi connectivity index (χ0) is 14.2. The second-order valence-corrected chi connectivity index (χ2v) is 6.10. The number of nitrogen functional groups attached to an aromatic ring is 1. The molecule has 0 saturated heterocycles. The molecule has 2 aromatic carbocycles. The van der Waals surface area contributed by atoms with Crippen molar-refractivity contribution in [2.24, 2.45) is 0 Å². The van der Waals surface area contributed by atoms with Crippen LogP contribution in [0.4, 0.5) is 23.2 Å². The van der Waals surface area contributed by atoms with Crippen molar-refractivity contribution in [2.45, 2.75) is 0 Å². The second kappa shape index (κ2) is 5.63. The van der Waals surface area contributed by atoms with E-state index >= 15 is 0 Å². The molecule has 2 aromatic rings. The molecule has 1 atom stereocenters. The molecule has 0 aliphatic carbocycles. The predicted octanol–water partition coefficient (Wildman–Crippen LogP) is 3.06. The summed E-state index contributed by atoms with van der Waals surface area (Å²) in [6.45, 7) is 0. The molecule has 0 aliphatic heterocycles. The van der Waals surface area contributed by atoms with E-state index < -0.39 is 40.7 Å². The van der Waals surface area contributed by atoms with Gasteiger partial charge in [-0.15, -0.1) is 0 Å². The molecule has 0 heterocycles. The van der Waals surface area contributed by atoms with E-state index in [1.54, 1.807) is 18.2 Å². The zero-order valence-electron chi connectivity index (χ0n) is 9.28. The third-order valence-electron chi connectivity index (χ3n) is 2.37. The Balaban J connectivity index is 2.52. The molecule has 0 spiro atoms. The maximum atomic E-state index is 13.7. The van der Waals surface area contributed by atoms with E-state index in [0.29, 0.717) is 11.0 Å². The van der Waals surface area contributed by atoms with E-state index in [4.69, 9.17) is 5.73 Å². The minimum absolute atomic E-state index is 0.414. The summed E-state index contributed by atoms with van der Waals surface area (Å²) in [6.07, 6.45) is 0. The van der Waals surface area contributed by atoms with Crippen molar-refractivity contribution in [3.8, 4) is 0 Å². The average molecular weight is 399 g/mol. The lowest BCUT2D eigenvalue weighted by molar-refractivity contribution is 0.455. The molecule has 0 bridgehead atoms. The van der Waals surface area contributed by atoms with E-state index in [9.17, 15) is 17.6 Å². The van der Waals surface area contributed by atoms with Crippen LogP contribution in [-0.4, -0.2) is 0 Å². The Morgan fingerprint density at radius 3 is 2.05 bits per heavy atom.